The molecule has 1 fully saturated rings. The number of anilines is 1. The number of amides is 1. The van der Waals surface area contributed by atoms with E-state index in [0.717, 1.165) is 0 Å². The molecule has 1 amide bonds. The molecule has 0 spiro atoms. The molecule has 1 saturated heterocycles. The highest BCUT2D eigenvalue weighted by Crippen LogP contribution is 2.44. The van der Waals surface area contributed by atoms with Gasteiger partial charge in [-0.1, -0.05) is 34.6 Å². The molecular weight excluding hydrogens is 497 g/mol. The SMILES string of the molecule is CC(C)C(=O)Nc1nc2c(ncn2[C@@H]2O[C@H](CO)C(O[Si](C)(C)C(C)(C)C)[C@@H]2O[P+](=O)O)c(=O)[nH]1. The first-order valence-electron chi connectivity index (χ1n) is 11.2. The van der Waals surface area contributed by atoms with Crippen LogP contribution in [-0.2, 0) is 23.0 Å². The van der Waals surface area contributed by atoms with Crippen LogP contribution in [0.3, 0.4) is 0 Å². The van der Waals surface area contributed by atoms with Crippen molar-refractivity contribution in [3.05, 3.63) is 16.7 Å². The lowest BCUT2D eigenvalue weighted by Crippen LogP contribution is -2.50. The zero-order valence-corrected chi connectivity index (χ0v) is 22.7. The molecule has 3 rings (SSSR count). The molecule has 0 aliphatic carbocycles. The van der Waals surface area contributed by atoms with Crippen LogP contribution in [0, 0.1) is 5.92 Å². The smallest absolute Gasteiger partial charge is 0.408 e. The molecule has 1 aliphatic heterocycles. The van der Waals surface area contributed by atoms with E-state index in [2.05, 4.69) is 20.3 Å². The van der Waals surface area contributed by atoms with Crippen LogP contribution in [0.1, 0.15) is 40.8 Å². The summed E-state index contributed by atoms with van der Waals surface area (Å²) in [6, 6.07) is 0. The number of nitrogens with zero attached hydrogens (tertiary/aromatic N) is 3. The number of ether oxygens (including phenoxy) is 1. The topological polar surface area (TPSA) is 178 Å². The fourth-order valence-electron chi connectivity index (χ4n) is 3.39. The standard InChI is InChI=1S/C20H32N5O8PSi/c1-10(2)16(27)23-19-22-15-12(17(28)24-19)21-9-25(15)18-14(32-34(29)30)13(11(8-26)31-18)33-35(6,7)20(3,4)5/h9-11,13-14,18,26H,8H2,1-7H3,(H2-,22,23,24,27,28,29,30)/p+1/t11-,13?,14+,18-/m1/s1. The Morgan fingerprint density at radius 2 is 2.03 bits per heavy atom. The van der Waals surface area contributed by atoms with Crippen molar-refractivity contribution < 1.29 is 33.0 Å². The summed E-state index contributed by atoms with van der Waals surface area (Å²) in [5.41, 5.74) is -0.564. The summed E-state index contributed by atoms with van der Waals surface area (Å²) in [6.07, 6.45) is -2.69. The van der Waals surface area contributed by atoms with Crippen LogP contribution in [0.25, 0.3) is 11.2 Å². The number of hydrogen-bond donors (Lipinski definition) is 4. The van der Waals surface area contributed by atoms with Gasteiger partial charge in [0, 0.05) is 10.5 Å². The minimum atomic E-state index is -3.06. The predicted octanol–water partition coefficient (Wildman–Crippen LogP) is 2.03. The summed E-state index contributed by atoms with van der Waals surface area (Å²) in [4.78, 5) is 45.2. The lowest BCUT2D eigenvalue weighted by atomic mass is 10.1. The van der Waals surface area contributed by atoms with Crippen molar-refractivity contribution >= 4 is 39.6 Å². The van der Waals surface area contributed by atoms with Crippen LogP contribution < -0.4 is 10.9 Å². The monoisotopic (exact) mass is 530 g/mol. The van der Waals surface area contributed by atoms with Gasteiger partial charge >= 0.3 is 8.25 Å². The van der Waals surface area contributed by atoms with Crippen LogP contribution in [0.15, 0.2) is 11.1 Å². The van der Waals surface area contributed by atoms with Crippen molar-refractivity contribution in [1.29, 1.82) is 0 Å². The largest absolute Gasteiger partial charge is 0.695 e. The highest BCUT2D eigenvalue weighted by Gasteiger charge is 2.54. The van der Waals surface area contributed by atoms with E-state index in [1.54, 1.807) is 13.8 Å². The Morgan fingerprint density at radius 1 is 1.37 bits per heavy atom. The zero-order chi connectivity index (χ0) is 26.3. The van der Waals surface area contributed by atoms with Gasteiger partial charge in [-0.15, -0.1) is 9.42 Å². The molecule has 3 heterocycles. The molecule has 15 heteroatoms. The number of aliphatic hydroxyl groups excluding tert-OH is 1. The van der Waals surface area contributed by atoms with E-state index in [1.807, 2.05) is 33.9 Å². The summed E-state index contributed by atoms with van der Waals surface area (Å²) >= 11 is 0. The molecule has 2 aromatic heterocycles. The molecule has 13 nitrogen and oxygen atoms in total. The van der Waals surface area contributed by atoms with Gasteiger partial charge in [-0.3, -0.25) is 24.5 Å². The van der Waals surface area contributed by atoms with Crippen molar-refractivity contribution in [3.63, 3.8) is 0 Å². The van der Waals surface area contributed by atoms with E-state index in [9.17, 15) is 24.2 Å². The summed E-state index contributed by atoms with van der Waals surface area (Å²) in [7, 11) is -5.49. The second-order valence-corrected chi connectivity index (χ2v) is 15.7. The molecule has 0 saturated carbocycles. The second kappa shape index (κ2) is 10.1. The van der Waals surface area contributed by atoms with Gasteiger partial charge in [0.05, 0.1) is 12.9 Å². The third kappa shape index (κ3) is 5.69. The molecule has 1 aliphatic rings. The normalized spacial score (nSPS) is 23.8. The van der Waals surface area contributed by atoms with Crippen molar-refractivity contribution in [2.24, 2.45) is 5.92 Å². The molecule has 4 N–H and O–H groups in total. The number of nitrogens with one attached hydrogen (secondary N) is 2. The van der Waals surface area contributed by atoms with E-state index in [-0.39, 0.29) is 34.0 Å². The lowest BCUT2D eigenvalue weighted by Gasteiger charge is -2.39. The maximum absolute atomic E-state index is 12.6. The Kier molecular flexibility index (Phi) is 7.96. The van der Waals surface area contributed by atoms with Gasteiger partial charge in [0.1, 0.15) is 12.2 Å². The number of imidazole rings is 1. The Balaban J connectivity index is 2.07. The Bertz CT molecular complexity index is 1160. The highest BCUT2D eigenvalue weighted by atomic mass is 31.1. The van der Waals surface area contributed by atoms with Crippen LogP contribution in [0.2, 0.25) is 18.1 Å². The molecular formula is C20H33N5O8PSi+. The molecule has 2 unspecified atom stereocenters. The van der Waals surface area contributed by atoms with Crippen LogP contribution >= 0.6 is 8.25 Å². The minimum absolute atomic E-state index is 0.0300. The first-order valence-corrected chi connectivity index (χ1v) is 15.2. The number of aliphatic hydroxyl groups is 1. The van der Waals surface area contributed by atoms with Gasteiger partial charge in [-0.2, -0.15) is 4.98 Å². The van der Waals surface area contributed by atoms with Gasteiger partial charge < -0.3 is 14.3 Å². The number of aromatic nitrogens is 4. The average molecular weight is 531 g/mol. The molecule has 194 valence electrons. The summed E-state index contributed by atoms with van der Waals surface area (Å²) in [5.74, 6) is -0.784. The minimum Gasteiger partial charge on any atom is -0.408 e. The van der Waals surface area contributed by atoms with E-state index in [0.29, 0.717) is 0 Å². The van der Waals surface area contributed by atoms with E-state index in [1.165, 1.54) is 10.9 Å². The molecule has 0 radical (unpaired) electrons. The van der Waals surface area contributed by atoms with Gasteiger partial charge in [0.25, 0.3) is 5.56 Å². The van der Waals surface area contributed by atoms with Crippen molar-refractivity contribution in [3.8, 4) is 0 Å². The van der Waals surface area contributed by atoms with Crippen LogP contribution in [-0.4, -0.2) is 68.7 Å². The fraction of sp³-hybridized carbons (Fsp3) is 0.700. The number of rotatable bonds is 8. The zero-order valence-electron chi connectivity index (χ0n) is 20.8. The molecule has 5 atom stereocenters. The fourth-order valence-corrected chi connectivity index (χ4v) is 5.14. The predicted molar refractivity (Wildman–Crippen MR) is 129 cm³/mol. The second-order valence-electron chi connectivity index (χ2n) is 10.3. The van der Waals surface area contributed by atoms with Gasteiger partial charge in [-0.05, 0) is 18.1 Å². The quantitative estimate of drug-likeness (QED) is 0.291. The van der Waals surface area contributed by atoms with E-state index < -0.39 is 53.3 Å². The van der Waals surface area contributed by atoms with Gasteiger partial charge in [0.2, 0.25) is 11.9 Å². The maximum atomic E-state index is 12.6. The summed E-state index contributed by atoms with van der Waals surface area (Å²) < 4.78 is 30.9. The van der Waals surface area contributed by atoms with Gasteiger partial charge in [0.15, 0.2) is 31.8 Å². The lowest BCUT2D eigenvalue weighted by molar-refractivity contribution is -0.118. The van der Waals surface area contributed by atoms with Crippen molar-refractivity contribution in [2.75, 3.05) is 11.9 Å². The highest BCUT2D eigenvalue weighted by molar-refractivity contribution is 7.32. The molecule has 35 heavy (non-hydrogen) atoms. The van der Waals surface area contributed by atoms with Crippen LogP contribution in [0.4, 0.5) is 5.95 Å². The summed E-state index contributed by atoms with van der Waals surface area (Å²) in [5, 5.41) is 12.4. The van der Waals surface area contributed by atoms with Crippen molar-refractivity contribution in [1.82, 2.24) is 19.5 Å². The Labute approximate surface area is 204 Å². The number of carbonyl (C=O) groups is 1. The summed E-state index contributed by atoms with van der Waals surface area (Å²) in [6.45, 7) is 13.1. The maximum Gasteiger partial charge on any atom is 0.695 e. The van der Waals surface area contributed by atoms with E-state index in [4.69, 9.17) is 13.7 Å². The first kappa shape index (κ1) is 27.5. The third-order valence-electron chi connectivity index (χ3n) is 6.39. The molecule has 0 bridgehead atoms. The molecule has 0 aromatic carbocycles. The Hall–Kier alpha value is -2.06. The van der Waals surface area contributed by atoms with Crippen LogP contribution in [0.5, 0.6) is 0 Å². The third-order valence-corrected chi connectivity index (χ3v) is 11.3. The molecule has 2 aromatic rings. The number of carbonyl (C=O) groups excluding carboxylic acids is 1. The number of H-pyrrole nitrogens is 1. The Morgan fingerprint density at radius 3 is 2.57 bits per heavy atom. The first-order chi connectivity index (χ1) is 16.2. The van der Waals surface area contributed by atoms with Crippen molar-refractivity contribution in [2.45, 2.75) is 77.3 Å². The number of fused-ring (bicyclic) bond motifs is 1. The number of hydrogen-bond acceptors (Lipinski definition) is 9. The average Bonchev–Trinajstić information content (AvgIpc) is 3.28. The van der Waals surface area contributed by atoms with Gasteiger partial charge in [-0.25, -0.2) is 4.98 Å². The number of aromatic amines is 1. The van der Waals surface area contributed by atoms with E-state index >= 15 is 0 Å².